The Hall–Kier alpha value is -3.67. The van der Waals surface area contributed by atoms with Gasteiger partial charge in [0.2, 0.25) is 0 Å². The van der Waals surface area contributed by atoms with Crippen molar-refractivity contribution < 1.29 is 31.1 Å². The molecule has 0 aliphatic rings. The molecule has 0 fully saturated rings. The van der Waals surface area contributed by atoms with Crippen LogP contribution in [0.4, 0.5) is 32.2 Å². The Bertz CT molecular complexity index is 1270. The Morgan fingerprint density at radius 3 is 2.50 bits per heavy atom. The van der Waals surface area contributed by atoms with E-state index < -0.39 is 18.0 Å². The molecule has 36 heavy (non-hydrogen) atoms. The first-order valence-electron chi connectivity index (χ1n) is 10.8. The van der Waals surface area contributed by atoms with Gasteiger partial charge < -0.3 is 10.1 Å². The highest BCUT2D eigenvalue weighted by Gasteiger charge is 2.34. The second-order valence-corrected chi connectivity index (χ2v) is 7.54. The summed E-state index contributed by atoms with van der Waals surface area (Å²) >= 11 is 0. The number of alkyl halides is 6. The Labute approximate surface area is 203 Å². The minimum atomic E-state index is -4.62. The molecule has 2 aromatic heterocycles. The van der Waals surface area contributed by atoms with Gasteiger partial charge in [-0.1, -0.05) is 12.1 Å². The molecule has 0 saturated carbocycles. The van der Waals surface area contributed by atoms with E-state index in [1.807, 2.05) is 0 Å². The lowest BCUT2D eigenvalue weighted by Gasteiger charge is -2.20. The Balaban J connectivity index is 2.15. The number of hydrogen-bond acceptors (Lipinski definition) is 6. The van der Waals surface area contributed by atoms with Crippen LogP contribution in [0.25, 0.3) is 22.2 Å². The number of nitrogens with one attached hydrogen (secondary N) is 1. The van der Waals surface area contributed by atoms with Crippen molar-refractivity contribution in [3.05, 3.63) is 72.0 Å². The number of allylic oxidation sites excluding steroid dienone is 2. The molecule has 0 aliphatic heterocycles. The molecular weight excluding hydrogens is 488 g/mol. The number of nitrogens with zero attached hydrogens (tertiary/aromatic N) is 4. The summed E-state index contributed by atoms with van der Waals surface area (Å²) < 4.78 is 85.2. The molecule has 0 aliphatic carbocycles. The van der Waals surface area contributed by atoms with Gasteiger partial charge >= 0.3 is 12.5 Å². The van der Waals surface area contributed by atoms with Gasteiger partial charge in [-0.25, -0.2) is 9.97 Å². The van der Waals surface area contributed by atoms with Gasteiger partial charge in [0.25, 0.3) is 0 Å². The fraction of sp³-hybridized carbons (Fsp3) is 0.292. The number of benzene rings is 1. The van der Waals surface area contributed by atoms with Crippen LogP contribution < -0.4 is 5.32 Å². The zero-order chi connectivity index (χ0) is 26.5. The molecule has 6 nitrogen and oxygen atoms in total. The molecule has 0 amide bonds. The van der Waals surface area contributed by atoms with Crippen molar-refractivity contribution in [3.63, 3.8) is 0 Å². The van der Waals surface area contributed by atoms with Crippen molar-refractivity contribution in [2.45, 2.75) is 32.9 Å². The monoisotopic (exact) mass is 511 g/mol. The largest absolute Gasteiger partial charge is 0.484 e. The molecule has 1 aromatic carbocycles. The van der Waals surface area contributed by atoms with Gasteiger partial charge in [-0.15, -0.1) is 0 Å². The smallest absolute Gasteiger partial charge is 0.374 e. The van der Waals surface area contributed by atoms with Crippen LogP contribution in [0.15, 0.2) is 60.6 Å². The van der Waals surface area contributed by atoms with Crippen LogP contribution in [-0.2, 0) is 17.5 Å². The Morgan fingerprint density at radius 1 is 1.11 bits per heavy atom. The third kappa shape index (κ3) is 6.51. The van der Waals surface area contributed by atoms with Crippen LogP contribution in [-0.4, -0.2) is 39.8 Å². The molecular formula is C24H23F6N5O. The molecule has 1 N–H and O–H groups in total. The molecule has 3 aromatic rings. The highest BCUT2D eigenvalue weighted by Crippen LogP contribution is 2.37. The number of rotatable bonds is 8. The fourth-order valence-electron chi connectivity index (χ4n) is 3.26. The standard InChI is InChI=1S/C24H23F6N5O/c1-4-7-16(13-35(3)24(28,29)30)32-22-17-10-9-15(12-19(17)33-20(34-22)14-36-5-2)21-18(23(25,26)27)8-6-11-31-21/h4,6-13H,5,14H2,1-3H3,(H,32,33,34)/b7-4-,16-13+. The summed E-state index contributed by atoms with van der Waals surface area (Å²) in [6, 6.07) is 6.48. The van der Waals surface area contributed by atoms with Gasteiger partial charge in [0.05, 0.1) is 22.5 Å². The summed E-state index contributed by atoms with van der Waals surface area (Å²) in [5.74, 6) is 0.364. The van der Waals surface area contributed by atoms with Crippen molar-refractivity contribution in [1.82, 2.24) is 19.9 Å². The maximum Gasteiger partial charge on any atom is 0.484 e. The second kappa shape index (κ2) is 10.9. The van der Waals surface area contributed by atoms with E-state index >= 15 is 0 Å². The maximum absolute atomic E-state index is 13.5. The molecule has 0 atom stereocenters. The van der Waals surface area contributed by atoms with Crippen molar-refractivity contribution >= 4 is 16.7 Å². The third-order valence-corrected chi connectivity index (χ3v) is 4.91. The first-order chi connectivity index (χ1) is 16.9. The first kappa shape index (κ1) is 26.9. The number of fused-ring (bicyclic) bond motifs is 1. The van der Waals surface area contributed by atoms with E-state index in [9.17, 15) is 26.3 Å². The van der Waals surface area contributed by atoms with Crippen LogP contribution >= 0.6 is 0 Å². The van der Waals surface area contributed by atoms with Crippen LogP contribution in [0.1, 0.15) is 25.2 Å². The van der Waals surface area contributed by atoms with E-state index in [4.69, 9.17) is 4.74 Å². The van der Waals surface area contributed by atoms with Crippen molar-refractivity contribution in [2.24, 2.45) is 0 Å². The number of aromatic nitrogens is 3. The van der Waals surface area contributed by atoms with Crippen molar-refractivity contribution in [2.75, 3.05) is 19.0 Å². The summed E-state index contributed by atoms with van der Waals surface area (Å²) in [6.07, 6.45) is -4.13. The van der Waals surface area contributed by atoms with Crippen LogP contribution in [0, 0.1) is 0 Å². The van der Waals surface area contributed by atoms with Crippen LogP contribution in [0.5, 0.6) is 0 Å². The minimum Gasteiger partial charge on any atom is -0.374 e. The number of anilines is 1. The minimum absolute atomic E-state index is 0.00610. The Morgan fingerprint density at radius 2 is 1.86 bits per heavy atom. The zero-order valence-corrected chi connectivity index (χ0v) is 19.6. The summed E-state index contributed by atoms with van der Waals surface area (Å²) in [6.45, 7) is 3.75. The molecule has 2 heterocycles. The molecule has 192 valence electrons. The summed E-state index contributed by atoms with van der Waals surface area (Å²) in [7, 11) is 0.862. The first-order valence-corrected chi connectivity index (χ1v) is 10.8. The lowest BCUT2D eigenvalue weighted by atomic mass is 10.0. The van der Waals surface area contributed by atoms with E-state index in [1.54, 1.807) is 19.9 Å². The normalized spacial score (nSPS) is 13.0. The molecule has 0 spiro atoms. The second-order valence-electron chi connectivity index (χ2n) is 7.54. The van der Waals surface area contributed by atoms with Crippen molar-refractivity contribution in [3.8, 4) is 11.3 Å². The summed E-state index contributed by atoms with van der Waals surface area (Å²) in [5.41, 5.74) is -0.661. The lowest BCUT2D eigenvalue weighted by molar-refractivity contribution is -0.219. The van der Waals surface area contributed by atoms with E-state index in [-0.39, 0.29) is 45.6 Å². The van der Waals surface area contributed by atoms with Crippen molar-refractivity contribution in [1.29, 1.82) is 0 Å². The number of hydrogen-bond donors (Lipinski definition) is 1. The summed E-state index contributed by atoms with van der Waals surface area (Å²) in [4.78, 5) is 12.8. The number of halogens is 6. The molecule has 0 radical (unpaired) electrons. The average molecular weight is 511 g/mol. The molecule has 0 saturated heterocycles. The average Bonchev–Trinajstić information content (AvgIpc) is 2.81. The molecule has 0 bridgehead atoms. The molecule has 12 heteroatoms. The molecule has 3 rings (SSSR count). The highest BCUT2D eigenvalue weighted by molar-refractivity contribution is 5.92. The predicted molar refractivity (Wildman–Crippen MR) is 123 cm³/mol. The highest BCUT2D eigenvalue weighted by atomic mass is 19.4. The van der Waals surface area contributed by atoms with Crippen LogP contribution in [0.3, 0.4) is 0 Å². The topological polar surface area (TPSA) is 63.2 Å². The van der Waals surface area contributed by atoms with Gasteiger partial charge in [0, 0.05) is 37.0 Å². The Kier molecular flexibility index (Phi) is 8.18. The quantitative estimate of drug-likeness (QED) is 0.211. The van der Waals surface area contributed by atoms with Gasteiger partial charge in [0.15, 0.2) is 5.82 Å². The van der Waals surface area contributed by atoms with Gasteiger partial charge in [-0.3, -0.25) is 9.88 Å². The van der Waals surface area contributed by atoms with Gasteiger partial charge in [-0.2, -0.15) is 26.3 Å². The predicted octanol–water partition coefficient (Wildman–Crippen LogP) is 6.53. The van der Waals surface area contributed by atoms with E-state index in [0.29, 0.717) is 12.0 Å². The lowest BCUT2D eigenvalue weighted by Crippen LogP contribution is -2.30. The van der Waals surface area contributed by atoms with Gasteiger partial charge in [-0.05, 0) is 44.2 Å². The third-order valence-electron chi connectivity index (χ3n) is 4.91. The zero-order valence-electron chi connectivity index (χ0n) is 19.6. The summed E-state index contributed by atoms with van der Waals surface area (Å²) in [5, 5.41) is 3.25. The number of ether oxygens (including phenoxy) is 1. The van der Waals surface area contributed by atoms with E-state index in [1.165, 1.54) is 36.5 Å². The van der Waals surface area contributed by atoms with Gasteiger partial charge in [0.1, 0.15) is 12.4 Å². The fourth-order valence-corrected chi connectivity index (χ4v) is 3.26. The van der Waals surface area contributed by atoms with E-state index in [0.717, 1.165) is 19.3 Å². The SMILES string of the molecule is C/C=C\C(=C/N(C)C(F)(F)F)Nc1nc(COCC)nc2cc(-c3ncccc3C(F)(F)F)ccc12. The number of pyridine rings is 1. The van der Waals surface area contributed by atoms with Crippen LogP contribution in [0.2, 0.25) is 0 Å². The molecule has 0 unspecified atom stereocenters. The van der Waals surface area contributed by atoms with E-state index in [2.05, 4.69) is 20.3 Å². The maximum atomic E-state index is 13.5.